The van der Waals surface area contributed by atoms with Crippen LogP contribution < -0.4 is 4.90 Å². The summed E-state index contributed by atoms with van der Waals surface area (Å²) in [6.45, 7) is 1.60. The number of carbonyl (C=O) groups excluding carboxylic acids is 1. The third-order valence-corrected chi connectivity index (χ3v) is 5.01. The number of anilines is 1. The third kappa shape index (κ3) is 4.33. The number of hydrogen-bond donors (Lipinski definition) is 0. The Hall–Kier alpha value is 0.170. The molecule has 20 heavy (non-hydrogen) atoms. The van der Waals surface area contributed by atoms with Crippen LogP contribution in [0, 0.1) is 0 Å². The lowest BCUT2D eigenvalue weighted by Crippen LogP contribution is -2.38. The highest BCUT2D eigenvalue weighted by Gasteiger charge is 2.31. The van der Waals surface area contributed by atoms with E-state index >= 15 is 0 Å². The fourth-order valence-corrected chi connectivity index (χ4v) is 3.82. The first kappa shape index (κ1) is 16.5. The molecular weight excluding hydrogens is 455 g/mol. The lowest BCUT2D eigenvalue weighted by molar-refractivity contribution is -0.107. The van der Waals surface area contributed by atoms with E-state index in [0.717, 1.165) is 29.5 Å². The van der Waals surface area contributed by atoms with Crippen molar-refractivity contribution in [3.63, 3.8) is 0 Å². The summed E-state index contributed by atoms with van der Waals surface area (Å²) < 4.78 is 6.60. The molecule has 1 aromatic carbocycles. The average molecular weight is 471 g/mol. The number of nitrogens with zero attached hydrogens (tertiary/aromatic N) is 2. The van der Waals surface area contributed by atoms with E-state index < -0.39 is 0 Å². The molecule has 110 valence electrons. The minimum Gasteiger partial charge on any atom is -0.313 e. The first-order valence-corrected chi connectivity index (χ1v) is 10.3. The molecule has 0 bridgehead atoms. The molecule has 0 saturated carbocycles. The summed E-state index contributed by atoms with van der Waals surface area (Å²) in [5, 5.41) is 0. The van der Waals surface area contributed by atoms with Crippen LogP contribution in [0.2, 0.25) is 0 Å². The Bertz CT molecular complexity index is 449. The van der Waals surface area contributed by atoms with E-state index in [1.807, 2.05) is 24.3 Å². The molecule has 7 heteroatoms. The first-order chi connectivity index (χ1) is 9.63. The zero-order valence-electron chi connectivity index (χ0n) is 11.0. The molecule has 2 unspecified atom stereocenters. The van der Waals surface area contributed by atoms with Crippen molar-refractivity contribution < 1.29 is 8.98 Å². The van der Waals surface area contributed by atoms with E-state index in [0.29, 0.717) is 12.6 Å². The van der Waals surface area contributed by atoms with Crippen LogP contribution >= 0.6 is 46.3 Å². The standard InChI is InChI=1S/C13H16BrIN2O2S/c1-16-8-13(19-20-15)6-12(16)7-17(9-18)11-4-2-10(14)3-5-11/h2-5,9,12-13H,6-8H2,1H3. The molecular formula is C13H16BrIN2O2S. The molecule has 1 fully saturated rings. The zero-order chi connectivity index (χ0) is 14.5. The Kier molecular flexibility index (Phi) is 6.60. The summed E-state index contributed by atoms with van der Waals surface area (Å²) in [4.78, 5) is 15.4. The number of amides is 1. The predicted octanol–water partition coefficient (Wildman–Crippen LogP) is 3.50. The minimum atomic E-state index is 0.241. The lowest BCUT2D eigenvalue weighted by atomic mass is 10.2. The largest absolute Gasteiger partial charge is 0.313 e. The fraction of sp³-hybridized carbons (Fsp3) is 0.462. The van der Waals surface area contributed by atoms with E-state index in [1.54, 1.807) is 4.90 Å². The highest BCUT2D eigenvalue weighted by Crippen LogP contribution is 2.27. The monoisotopic (exact) mass is 470 g/mol. The third-order valence-electron chi connectivity index (χ3n) is 3.52. The van der Waals surface area contributed by atoms with Gasteiger partial charge in [0.05, 0.1) is 15.3 Å². The summed E-state index contributed by atoms with van der Waals surface area (Å²) in [5.41, 5.74) is 0.921. The van der Waals surface area contributed by atoms with Gasteiger partial charge in [0.2, 0.25) is 6.41 Å². The number of likely N-dealkylation sites (N-methyl/N-ethyl adjacent to an activating group) is 1. The molecule has 0 aromatic heterocycles. The molecule has 1 aliphatic heterocycles. The summed E-state index contributed by atoms with van der Waals surface area (Å²) in [6, 6.07) is 8.12. The first-order valence-electron chi connectivity index (χ1n) is 6.26. The fourth-order valence-electron chi connectivity index (χ4n) is 2.43. The van der Waals surface area contributed by atoms with Gasteiger partial charge in [-0.1, -0.05) is 15.9 Å². The van der Waals surface area contributed by atoms with Gasteiger partial charge in [0.1, 0.15) is 0 Å². The number of hydrogen-bond acceptors (Lipinski definition) is 4. The van der Waals surface area contributed by atoms with Crippen molar-refractivity contribution in [2.24, 2.45) is 0 Å². The normalized spacial score (nSPS) is 22.9. The summed E-state index contributed by atoms with van der Waals surface area (Å²) in [5.74, 6) is 0. The maximum Gasteiger partial charge on any atom is 0.214 e. The quantitative estimate of drug-likeness (QED) is 0.362. The van der Waals surface area contributed by atoms with Gasteiger partial charge in [-0.3, -0.25) is 9.69 Å². The Labute approximate surface area is 144 Å². The van der Waals surface area contributed by atoms with E-state index in [9.17, 15) is 4.79 Å². The van der Waals surface area contributed by atoms with Crippen LogP contribution in [-0.2, 0) is 8.98 Å². The van der Waals surface area contributed by atoms with E-state index in [2.05, 4.69) is 49.1 Å². The molecule has 0 N–H and O–H groups in total. The summed E-state index contributed by atoms with van der Waals surface area (Å²) in [7, 11) is 3.46. The number of likely N-dealkylation sites (tertiary alicyclic amines) is 1. The molecule has 4 nitrogen and oxygen atoms in total. The van der Waals surface area contributed by atoms with Crippen LogP contribution in [0.3, 0.4) is 0 Å². The summed E-state index contributed by atoms with van der Waals surface area (Å²) >= 11 is 5.55. The Morgan fingerprint density at radius 2 is 2.25 bits per heavy atom. The van der Waals surface area contributed by atoms with Gasteiger partial charge in [0, 0.05) is 50.5 Å². The van der Waals surface area contributed by atoms with Gasteiger partial charge in [0.15, 0.2) is 0 Å². The Morgan fingerprint density at radius 3 is 2.85 bits per heavy atom. The zero-order valence-corrected chi connectivity index (χ0v) is 15.6. The molecule has 2 rings (SSSR count). The minimum absolute atomic E-state index is 0.241. The van der Waals surface area contributed by atoms with Gasteiger partial charge in [-0.25, -0.2) is 0 Å². The molecule has 0 aliphatic carbocycles. The lowest BCUT2D eigenvalue weighted by Gasteiger charge is -2.25. The SMILES string of the molecule is CN1CC(OSI)CC1CN(C=O)c1ccc(Br)cc1. The van der Waals surface area contributed by atoms with Crippen molar-refractivity contribution in [2.45, 2.75) is 18.6 Å². The second kappa shape index (κ2) is 7.98. The number of rotatable bonds is 6. The number of benzene rings is 1. The predicted molar refractivity (Wildman–Crippen MR) is 95.1 cm³/mol. The van der Waals surface area contributed by atoms with Crippen LogP contribution in [-0.4, -0.2) is 43.6 Å². The van der Waals surface area contributed by atoms with Gasteiger partial charge < -0.3 is 9.08 Å². The average Bonchev–Trinajstić information content (AvgIpc) is 2.78. The Balaban J connectivity index is 2.00. The highest BCUT2D eigenvalue weighted by molar-refractivity contribution is 14.2. The van der Waals surface area contributed by atoms with Gasteiger partial charge in [-0.2, -0.15) is 0 Å². The molecule has 1 heterocycles. The van der Waals surface area contributed by atoms with Crippen molar-refractivity contribution in [1.29, 1.82) is 0 Å². The molecule has 1 amide bonds. The van der Waals surface area contributed by atoms with Crippen LogP contribution in [0.1, 0.15) is 6.42 Å². The van der Waals surface area contributed by atoms with Crippen molar-refractivity contribution in [3.8, 4) is 0 Å². The second-order valence-corrected chi connectivity index (χ2v) is 7.16. The van der Waals surface area contributed by atoms with Crippen molar-refractivity contribution in [3.05, 3.63) is 28.7 Å². The van der Waals surface area contributed by atoms with Crippen LogP contribution in [0.5, 0.6) is 0 Å². The van der Waals surface area contributed by atoms with Gasteiger partial charge >= 0.3 is 0 Å². The van der Waals surface area contributed by atoms with Crippen LogP contribution in [0.4, 0.5) is 5.69 Å². The molecule has 2 atom stereocenters. The van der Waals surface area contributed by atoms with E-state index in [4.69, 9.17) is 4.18 Å². The Morgan fingerprint density at radius 1 is 1.55 bits per heavy atom. The topological polar surface area (TPSA) is 32.8 Å². The molecule has 1 aromatic rings. The maximum absolute atomic E-state index is 11.4. The van der Waals surface area contributed by atoms with Crippen LogP contribution in [0.15, 0.2) is 28.7 Å². The van der Waals surface area contributed by atoms with Crippen molar-refractivity contribution in [2.75, 3.05) is 25.0 Å². The van der Waals surface area contributed by atoms with Crippen LogP contribution in [0.25, 0.3) is 0 Å². The highest BCUT2D eigenvalue weighted by atomic mass is 127. The number of halogens is 2. The van der Waals surface area contributed by atoms with E-state index in [1.165, 1.54) is 9.21 Å². The van der Waals surface area contributed by atoms with E-state index in [-0.39, 0.29) is 6.10 Å². The van der Waals surface area contributed by atoms with Gasteiger partial charge in [-0.05, 0) is 37.7 Å². The van der Waals surface area contributed by atoms with Gasteiger partial charge in [-0.15, -0.1) is 0 Å². The summed E-state index contributed by atoms with van der Waals surface area (Å²) in [6.07, 6.45) is 2.09. The molecule has 1 aliphatic rings. The number of carbonyl (C=O) groups is 1. The molecule has 1 saturated heterocycles. The molecule has 0 radical (unpaired) electrons. The second-order valence-electron chi connectivity index (χ2n) is 4.84. The van der Waals surface area contributed by atoms with Crippen molar-refractivity contribution >= 4 is 58.4 Å². The maximum atomic E-state index is 11.4. The molecule has 0 spiro atoms. The smallest absolute Gasteiger partial charge is 0.214 e. The van der Waals surface area contributed by atoms with Crippen molar-refractivity contribution in [1.82, 2.24) is 4.90 Å². The van der Waals surface area contributed by atoms with Gasteiger partial charge in [0.25, 0.3) is 0 Å².